The number of benzene rings is 2. The van der Waals surface area contributed by atoms with Crippen LogP contribution >= 0.6 is 0 Å². The van der Waals surface area contributed by atoms with Crippen molar-refractivity contribution < 1.29 is 4.79 Å². The summed E-state index contributed by atoms with van der Waals surface area (Å²) in [4.78, 5) is 10.7. The zero-order chi connectivity index (χ0) is 10.8. The van der Waals surface area contributed by atoms with E-state index in [0.29, 0.717) is 5.92 Å². The van der Waals surface area contributed by atoms with Crippen LogP contribution in [0.4, 0.5) is 0 Å². The number of aldehydes is 1. The molecule has 1 nitrogen and oxygen atoms in total. The van der Waals surface area contributed by atoms with Gasteiger partial charge in [-0.25, -0.2) is 0 Å². The minimum Gasteiger partial charge on any atom is -0.298 e. The maximum absolute atomic E-state index is 10.7. The zero-order valence-corrected chi connectivity index (χ0v) is 9.03. The van der Waals surface area contributed by atoms with Crippen LogP contribution in [0.3, 0.4) is 0 Å². The highest BCUT2D eigenvalue weighted by Crippen LogP contribution is 2.21. The lowest BCUT2D eigenvalue weighted by molar-refractivity contribution is 0.112. The molecule has 0 aliphatic rings. The smallest absolute Gasteiger partial charge is 0.150 e. The van der Waals surface area contributed by atoms with Crippen molar-refractivity contribution in [1.82, 2.24) is 0 Å². The SMILES string of the molecule is CC(C)c1ccc2ccc(C=O)cc2c1. The molecule has 2 aromatic carbocycles. The van der Waals surface area contributed by atoms with E-state index in [-0.39, 0.29) is 0 Å². The monoisotopic (exact) mass is 198 g/mol. The molecular weight excluding hydrogens is 184 g/mol. The van der Waals surface area contributed by atoms with Gasteiger partial charge in [0.15, 0.2) is 0 Å². The fraction of sp³-hybridized carbons (Fsp3) is 0.214. The van der Waals surface area contributed by atoms with Crippen molar-refractivity contribution in [1.29, 1.82) is 0 Å². The van der Waals surface area contributed by atoms with Crippen molar-refractivity contribution in [3.05, 3.63) is 47.5 Å². The van der Waals surface area contributed by atoms with E-state index in [2.05, 4.69) is 32.0 Å². The van der Waals surface area contributed by atoms with E-state index in [4.69, 9.17) is 0 Å². The van der Waals surface area contributed by atoms with E-state index in [1.807, 2.05) is 18.2 Å². The largest absolute Gasteiger partial charge is 0.298 e. The van der Waals surface area contributed by atoms with E-state index in [1.165, 1.54) is 10.9 Å². The highest BCUT2D eigenvalue weighted by molar-refractivity contribution is 5.89. The zero-order valence-electron chi connectivity index (χ0n) is 9.03. The van der Waals surface area contributed by atoms with Crippen LogP contribution in [0.25, 0.3) is 10.8 Å². The Balaban J connectivity index is 2.62. The Kier molecular flexibility index (Phi) is 2.55. The first-order valence-electron chi connectivity index (χ1n) is 5.19. The van der Waals surface area contributed by atoms with Gasteiger partial charge in [-0.2, -0.15) is 0 Å². The quantitative estimate of drug-likeness (QED) is 0.671. The third-order valence-electron chi connectivity index (χ3n) is 2.69. The van der Waals surface area contributed by atoms with Gasteiger partial charge in [-0.3, -0.25) is 4.79 Å². The molecule has 0 unspecified atom stereocenters. The molecule has 2 aromatic rings. The molecule has 0 aromatic heterocycles. The molecule has 0 aliphatic carbocycles. The summed E-state index contributed by atoms with van der Waals surface area (Å²) < 4.78 is 0. The first-order chi connectivity index (χ1) is 7.20. The number of carbonyl (C=O) groups excluding carboxylic acids is 1. The van der Waals surface area contributed by atoms with Crippen molar-refractivity contribution in [2.45, 2.75) is 19.8 Å². The second kappa shape index (κ2) is 3.85. The molecule has 0 N–H and O–H groups in total. The highest BCUT2D eigenvalue weighted by Gasteiger charge is 2.01. The summed E-state index contributed by atoms with van der Waals surface area (Å²) in [6.07, 6.45) is 0.890. The Bertz CT molecular complexity index is 498. The molecule has 0 amide bonds. The molecule has 0 saturated carbocycles. The summed E-state index contributed by atoms with van der Waals surface area (Å²) in [5.74, 6) is 0.522. The lowest BCUT2D eigenvalue weighted by atomic mass is 9.98. The first-order valence-corrected chi connectivity index (χ1v) is 5.19. The third-order valence-corrected chi connectivity index (χ3v) is 2.69. The Morgan fingerprint density at radius 1 is 1.00 bits per heavy atom. The van der Waals surface area contributed by atoms with E-state index >= 15 is 0 Å². The van der Waals surface area contributed by atoms with Crippen LogP contribution in [0.2, 0.25) is 0 Å². The van der Waals surface area contributed by atoms with Crippen molar-refractivity contribution in [2.75, 3.05) is 0 Å². The molecule has 0 spiro atoms. The van der Waals surface area contributed by atoms with Crippen LogP contribution < -0.4 is 0 Å². The molecular formula is C14H14O. The molecule has 0 atom stereocenters. The lowest BCUT2D eigenvalue weighted by Gasteiger charge is -2.07. The van der Waals surface area contributed by atoms with Crippen molar-refractivity contribution in [3.63, 3.8) is 0 Å². The van der Waals surface area contributed by atoms with Crippen molar-refractivity contribution >= 4 is 17.1 Å². The first kappa shape index (κ1) is 9.91. The Morgan fingerprint density at radius 2 is 1.73 bits per heavy atom. The van der Waals surface area contributed by atoms with E-state index in [0.717, 1.165) is 17.2 Å². The van der Waals surface area contributed by atoms with Crippen LogP contribution in [0.1, 0.15) is 35.7 Å². The van der Waals surface area contributed by atoms with Crippen LogP contribution in [0.5, 0.6) is 0 Å². The molecule has 15 heavy (non-hydrogen) atoms. The summed E-state index contributed by atoms with van der Waals surface area (Å²) in [5, 5.41) is 2.33. The Morgan fingerprint density at radius 3 is 2.40 bits per heavy atom. The van der Waals surface area contributed by atoms with Crippen LogP contribution in [-0.4, -0.2) is 6.29 Å². The predicted octanol–water partition coefficient (Wildman–Crippen LogP) is 3.78. The average molecular weight is 198 g/mol. The standard InChI is InChI=1S/C14H14O/c1-10(2)13-6-5-12-4-3-11(9-15)7-14(12)8-13/h3-10H,1-2H3. The number of carbonyl (C=O) groups is 1. The van der Waals surface area contributed by atoms with Gasteiger partial charge in [0.25, 0.3) is 0 Å². The van der Waals surface area contributed by atoms with Gasteiger partial charge in [0, 0.05) is 5.56 Å². The summed E-state index contributed by atoms with van der Waals surface area (Å²) in [5.41, 5.74) is 2.05. The lowest BCUT2D eigenvalue weighted by Crippen LogP contribution is -1.87. The fourth-order valence-electron chi connectivity index (χ4n) is 1.72. The minimum atomic E-state index is 0.522. The van der Waals surface area contributed by atoms with E-state index < -0.39 is 0 Å². The molecule has 76 valence electrons. The van der Waals surface area contributed by atoms with Gasteiger partial charge >= 0.3 is 0 Å². The predicted molar refractivity (Wildman–Crippen MR) is 63.4 cm³/mol. The molecule has 2 rings (SSSR count). The maximum atomic E-state index is 10.7. The molecule has 0 radical (unpaired) electrons. The van der Waals surface area contributed by atoms with Gasteiger partial charge in [-0.1, -0.05) is 44.2 Å². The molecule has 0 saturated heterocycles. The summed E-state index contributed by atoms with van der Waals surface area (Å²) in [6, 6.07) is 12.2. The fourth-order valence-corrected chi connectivity index (χ4v) is 1.72. The normalized spacial score (nSPS) is 10.9. The molecule has 1 heteroatoms. The van der Waals surface area contributed by atoms with Crippen LogP contribution in [-0.2, 0) is 0 Å². The average Bonchev–Trinajstić information content (AvgIpc) is 2.27. The van der Waals surface area contributed by atoms with Gasteiger partial charge in [0.1, 0.15) is 6.29 Å². The van der Waals surface area contributed by atoms with E-state index in [9.17, 15) is 4.79 Å². The second-order valence-electron chi connectivity index (χ2n) is 4.14. The molecule has 0 aliphatic heterocycles. The molecule has 0 fully saturated rings. The number of hydrogen-bond donors (Lipinski definition) is 0. The molecule has 0 bridgehead atoms. The maximum Gasteiger partial charge on any atom is 0.150 e. The third kappa shape index (κ3) is 1.91. The number of fused-ring (bicyclic) bond motifs is 1. The summed E-state index contributed by atoms with van der Waals surface area (Å²) in [6.45, 7) is 4.34. The van der Waals surface area contributed by atoms with Crippen molar-refractivity contribution in [2.24, 2.45) is 0 Å². The van der Waals surface area contributed by atoms with Crippen molar-refractivity contribution in [3.8, 4) is 0 Å². The van der Waals surface area contributed by atoms with Gasteiger partial charge in [0.2, 0.25) is 0 Å². The van der Waals surface area contributed by atoms with Crippen LogP contribution in [0.15, 0.2) is 36.4 Å². The van der Waals surface area contributed by atoms with Crippen LogP contribution in [0, 0.1) is 0 Å². The Labute approximate surface area is 89.7 Å². The minimum absolute atomic E-state index is 0.522. The Hall–Kier alpha value is -1.63. The highest BCUT2D eigenvalue weighted by atomic mass is 16.1. The second-order valence-corrected chi connectivity index (χ2v) is 4.14. The summed E-state index contributed by atoms with van der Waals surface area (Å²) in [7, 11) is 0. The number of rotatable bonds is 2. The topological polar surface area (TPSA) is 17.1 Å². The van der Waals surface area contributed by atoms with Gasteiger partial charge in [-0.05, 0) is 28.3 Å². The van der Waals surface area contributed by atoms with Gasteiger partial charge < -0.3 is 0 Å². The molecule has 0 heterocycles. The van der Waals surface area contributed by atoms with Gasteiger partial charge in [0.05, 0.1) is 0 Å². The summed E-state index contributed by atoms with van der Waals surface area (Å²) >= 11 is 0. The van der Waals surface area contributed by atoms with Gasteiger partial charge in [-0.15, -0.1) is 0 Å². The van der Waals surface area contributed by atoms with E-state index in [1.54, 1.807) is 0 Å². The number of hydrogen-bond acceptors (Lipinski definition) is 1.